The molecule has 3 heterocycles. The fraction of sp³-hybridized carbons (Fsp3) is 0.667. The van der Waals surface area contributed by atoms with Crippen LogP contribution in [-0.4, -0.2) is 65.1 Å². The monoisotopic (exact) mass is 317 g/mol. The van der Waals surface area contributed by atoms with E-state index in [1.807, 2.05) is 24.0 Å². The number of carbonyl (C=O) groups is 1. The van der Waals surface area contributed by atoms with Gasteiger partial charge in [-0.1, -0.05) is 0 Å². The van der Waals surface area contributed by atoms with Crippen molar-refractivity contribution in [3.8, 4) is 0 Å². The average molecular weight is 317 g/mol. The summed E-state index contributed by atoms with van der Waals surface area (Å²) < 4.78 is 5.81. The minimum atomic E-state index is 0.120. The molecule has 1 aromatic heterocycles. The third-order valence-electron chi connectivity index (χ3n) is 4.76. The van der Waals surface area contributed by atoms with Crippen LogP contribution in [0.2, 0.25) is 0 Å². The summed E-state index contributed by atoms with van der Waals surface area (Å²) in [6.45, 7) is 9.89. The van der Waals surface area contributed by atoms with E-state index < -0.39 is 0 Å². The normalized spacial score (nSPS) is 29.0. The van der Waals surface area contributed by atoms with Crippen LogP contribution < -0.4 is 0 Å². The van der Waals surface area contributed by atoms with E-state index in [2.05, 4.69) is 23.7 Å². The summed E-state index contributed by atoms with van der Waals surface area (Å²) in [5.41, 5.74) is 1.64. The molecule has 2 aliphatic rings. The highest BCUT2D eigenvalue weighted by atomic mass is 16.5. The molecular weight excluding hydrogens is 290 g/mol. The van der Waals surface area contributed by atoms with Crippen molar-refractivity contribution >= 4 is 5.91 Å². The van der Waals surface area contributed by atoms with Gasteiger partial charge in [0.15, 0.2) is 0 Å². The molecule has 0 saturated carbocycles. The van der Waals surface area contributed by atoms with Crippen LogP contribution >= 0.6 is 0 Å². The summed E-state index contributed by atoms with van der Waals surface area (Å²) in [6, 6.07) is 4.10. The number of ether oxygens (including phenoxy) is 1. The standard InChI is InChI=1S/C18H27N3O2/c1-13-6-7-16(9-19-13)18(22)21-8-4-5-17(21)12-20-10-14(2)23-15(3)11-20/h6-7,9,14-15,17H,4-5,8,10-12H2,1-3H3. The Morgan fingerprint density at radius 2 is 2.04 bits per heavy atom. The molecule has 23 heavy (non-hydrogen) atoms. The van der Waals surface area contributed by atoms with Gasteiger partial charge >= 0.3 is 0 Å². The van der Waals surface area contributed by atoms with Crippen LogP contribution in [0.3, 0.4) is 0 Å². The van der Waals surface area contributed by atoms with Gasteiger partial charge in [0, 0.05) is 44.1 Å². The number of aromatic nitrogens is 1. The lowest BCUT2D eigenvalue weighted by atomic mass is 10.1. The van der Waals surface area contributed by atoms with Crippen molar-refractivity contribution in [2.24, 2.45) is 0 Å². The first kappa shape index (κ1) is 16.4. The number of pyridine rings is 1. The van der Waals surface area contributed by atoms with E-state index in [4.69, 9.17) is 4.74 Å². The molecule has 1 aromatic rings. The zero-order valence-electron chi connectivity index (χ0n) is 14.4. The van der Waals surface area contributed by atoms with E-state index in [-0.39, 0.29) is 18.1 Å². The Balaban J connectivity index is 1.65. The van der Waals surface area contributed by atoms with Crippen molar-refractivity contribution in [2.75, 3.05) is 26.2 Å². The number of hydrogen-bond donors (Lipinski definition) is 0. The maximum Gasteiger partial charge on any atom is 0.255 e. The highest BCUT2D eigenvalue weighted by Gasteiger charge is 2.32. The highest BCUT2D eigenvalue weighted by Crippen LogP contribution is 2.22. The first-order valence-corrected chi connectivity index (χ1v) is 8.64. The van der Waals surface area contributed by atoms with Crippen molar-refractivity contribution in [2.45, 2.75) is 51.9 Å². The predicted molar refractivity (Wildman–Crippen MR) is 89.5 cm³/mol. The van der Waals surface area contributed by atoms with Gasteiger partial charge in [0.05, 0.1) is 17.8 Å². The van der Waals surface area contributed by atoms with Gasteiger partial charge in [0.25, 0.3) is 5.91 Å². The van der Waals surface area contributed by atoms with Gasteiger partial charge in [-0.15, -0.1) is 0 Å². The molecule has 0 aliphatic carbocycles. The number of rotatable bonds is 3. The maximum atomic E-state index is 12.8. The molecule has 2 aliphatic heterocycles. The molecule has 1 amide bonds. The van der Waals surface area contributed by atoms with E-state index in [1.54, 1.807) is 6.20 Å². The second-order valence-corrected chi connectivity index (χ2v) is 6.96. The van der Waals surface area contributed by atoms with Gasteiger partial charge in [-0.25, -0.2) is 0 Å². The Morgan fingerprint density at radius 1 is 1.30 bits per heavy atom. The summed E-state index contributed by atoms with van der Waals surface area (Å²) in [5.74, 6) is 0.120. The predicted octanol–water partition coefficient (Wildman–Crippen LogP) is 2.10. The lowest BCUT2D eigenvalue weighted by molar-refractivity contribution is -0.0715. The van der Waals surface area contributed by atoms with Gasteiger partial charge < -0.3 is 9.64 Å². The van der Waals surface area contributed by atoms with Crippen molar-refractivity contribution in [3.63, 3.8) is 0 Å². The molecule has 5 nitrogen and oxygen atoms in total. The lowest BCUT2D eigenvalue weighted by Crippen LogP contribution is -2.50. The van der Waals surface area contributed by atoms with Crippen LogP contribution in [0, 0.1) is 6.92 Å². The Labute approximate surface area is 138 Å². The number of hydrogen-bond acceptors (Lipinski definition) is 4. The quantitative estimate of drug-likeness (QED) is 0.856. The molecule has 2 saturated heterocycles. The molecule has 126 valence electrons. The molecule has 5 heteroatoms. The number of morpholine rings is 1. The highest BCUT2D eigenvalue weighted by molar-refractivity contribution is 5.94. The maximum absolute atomic E-state index is 12.8. The third-order valence-corrected chi connectivity index (χ3v) is 4.76. The van der Waals surface area contributed by atoms with E-state index >= 15 is 0 Å². The molecule has 3 atom stereocenters. The molecule has 0 spiro atoms. The number of amides is 1. The fourth-order valence-electron chi connectivity index (χ4n) is 3.78. The van der Waals surface area contributed by atoms with Crippen LogP contribution in [0.1, 0.15) is 42.7 Å². The molecule has 0 N–H and O–H groups in total. The Bertz CT molecular complexity index is 536. The number of nitrogens with zero attached hydrogens (tertiary/aromatic N) is 3. The average Bonchev–Trinajstić information content (AvgIpc) is 2.94. The Morgan fingerprint density at radius 3 is 2.70 bits per heavy atom. The largest absolute Gasteiger partial charge is 0.373 e. The Hall–Kier alpha value is -1.46. The summed E-state index contributed by atoms with van der Waals surface area (Å²) in [7, 11) is 0. The Kier molecular flexibility index (Phi) is 4.97. The van der Waals surface area contributed by atoms with Crippen LogP contribution in [-0.2, 0) is 4.74 Å². The molecule has 2 fully saturated rings. The smallest absolute Gasteiger partial charge is 0.255 e. The molecule has 3 rings (SSSR count). The third kappa shape index (κ3) is 3.90. The van der Waals surface area contributed by atoms with Crippen molar-refractivity contribution in [3.05, 3.63) is 29.6 Å². The summed E-state index contributed by atoms with van der Waals surface area (Å²) in [4.78, 5) is 21.5. The van der Waals surface area contributed by atoms with Gasteiger partial charge in [-0.05, 0) is 45.7 Å². The summed E-state index contributed by atoms with van der Waals surface area (Å²) in [6.07, 6.45) is 4.42. The van der Waals surface area contributed by atoms with Crippen LogP contribution in [0.4, 0.5) is 0 Å². The minimum Gasteiger partial charge on any atom is -0.373 e. The molecule has 0 bridgehead atoms. The molecule has 0 radical (unpaired) electrons. The summed E-state index contributed by atoms with van der Waals surface area (Å²) >= 11 is 0. The van der Waals surface area contributed by atoms with Crippen molar-refractivity contribution < 1.29 is 9.53 Å². The number of aryl methyl sites for hydroxylation is 1. The topological polar surface area (TPSA) is 45.7 Å². The minimum absolute atomic E-state index is 0.120. The van der Waals surface area contributed by atoms with Crippen molar-refractivity contribution in [1.82, 2.24) is 14.8 Å². The van der Waals surface area contributed by atoms with E-state index in [0.717, 1.165) is 44.7 Å². The zero-order chi connectivity index (χ0) is 16.4. The zero-order valence-corrected chi connectivity index (χ0v) is 14.4. The van der Waals surface area contributed by atoms with Crippen molar-refractivity contribution in [1.29, 1.82) is 0 Å². The number of carbonyl (C=O) groups excluding carboxylic acids is 1. The van der Waals surface area contributed by atoms with Gasteiger partial charge in [-0.2, -0.15) is 0 Å². The first-order chi connectivity index (χ1) is 11.0. The van der Waals surface area contributed by atoms with E-state index in [0.29, 0.717) is 11.6 Å². The second kappa shape index (κ2) is 6.97. The van der Waals surface area contributed by atoms with Gasteiger partial charge in [-0.3, -0.25) is 14.7 Å². The molecule has 3 unspecified atom stereocenters. The molecule has 0 aromatic carbocycles. The summed E-state index contributed by atoms with van der Waals surface area (Å²) in [5, 5.41) is 0. The second-order valence-electron chi connectivity index (χ2n) is 6.96. The van der Waals surface area contributed by atoms with E-state index in [9.17, 15) is 4.79 Å². The first-order valence-electron chi connectivity index (χ1n) is 8.64. The van der Waals surface area contributed by atoms with Crippen LogP contribution in [0.25, 0.3) is 0 Å². The van der Waals surface area contributed by atoms with Crippen LogP contribution in [0.15, 0.2) is 18.3 Å². The molecular formula is C18H27N3O2. The van der Waals surface area contributed by atoms with E-state index in [1.165, 1.54) is 0 Å². The van der Waals surface area contributed by atoms with Gasteiger partial charge in [0.2, 0.25) is 0 Å². The fourth-order valence-corrected chi connectivity index (χ4v) is 3.78. The van der Waals surface area contributed by atoms with Crippen LogP contribution in [0.5, 0.6) is 0 Å². The SMILES string of the molecule is Cc1ccc(C(=O)N2CCCC2CN2CC(C)OC(C)C2)cn1. The van der Waals surface area contributed by atoms with Gasteiger partial charge in [0.1, 0.15) is 0 Å². The lowest BCUT2D eigenvalue weighted by Gasteiger charge is -2.38. The number of likely N-dealkylation sites (tertiary alicyclic amines) is 1.